The molecule has 0 atom stereocenters. The molecule has 0 amide bonds. The van der Waals surface area contributed by atoms with Gasteiger partial charge in [-0.3, -0.25) is 9.38 Å². The molecule has 78 valence electrons. The van der Waals surface area contributed by atoms with Gasteiger partial charge < -0.3 is 0 Å². The normalized spacial score (nSPS) is 10.8. The third kappa shape index (κ3) is 1.59. The van der Waals surface area contributed by atoms with E-state index >= 15 is 0 Å². The van der Waals surface area contributed by atoms with Crippen LogP contribution in [0.4, 0.5) is 0 Å². The van der Waals surface area contributed by atoms with Gasteiger partial charge in [-0.05, 0) is 58.0 Å². The zero-order valence-electron chi connectivity index (χ0n) is 8.34. The lowest BCUT2D eigenvalue weighted by atomic mass is 10.1. The number of pyridine rings is 2. The van der Waals surface area contributed by atoms with E-state index in [4.69, 9.17) is 0 Å². The monoisotopic (exact) mass is 321 g/mol. The summed E-state index contributed by atoms with van der Waals surface area (Å²) in [6, 6.07) is 8.11. The van der Waals surface area contributed by atoms with Crippen LogP contribution in [0.3, 0.4) is 0 Å². The standard InChI is InChI=1S/C12H8IN3/c13-11-7-15-12-2-1-10(8-16(11)12)9-3-5-14-6-4-9/h1-8H. The zero-order valence-corrected chi connectivity index (χ0v) is 10.5. The van der Waals surface area contributed by atoms with Crippen molar-refractivity contribution in [3.63, 3.8) is 0 Å². The van der Waals surface area contributed by atoms with Crippen molar-refractivity contribution in [1.82, 2.24) is 14.4 Å². The van der Waals surface area contributed by atoms with Crippen LogP contribution in [-0.2, 0) is 0 Å². The van der Waals surface area contributed by atoms with Crippen molar-refractivity contribution >= 4 is 28.2 Å². The Balaban J connectivity index is 2.22. The summed E-state index contributed by atoms with van der Waals surface area (Å²) in [5.74, 6) is 0. The molecule has 0 aliphatic carbocycles. The van der Waals surface area contributed by atoms with E-state index in [1.54, 1.807) is 12.4 Å². The van der Waals surface area contributed by atoms with Crippen LogP contribution >= 0.6 is 22.6 Å². The van der Waals surface area contributed by atoms with Crippen molar-refractivity contribution in [2.24, 2.45) is 0 Å². The molecule has 0 unspecified atom stereocenters. The van der Waals surface area contributed by atoms with Crippen molar-refractivity contribution < 1.29 is 0 Å². The topological polar surface area (TPSA) is 30.2 Å². The number of halogens is 1. The first-order valence-electron chi connectivity index (χ1n) is 4.87. The van der Waals surface area contributed by atoms with Crippen molar-refractivity contribution in [2.75, 3.05) is 0 Å². The third-order valence-corrected chi connectivity index (χ3v) is 3.27. The fourth-order valence-corrected chi connectivity index (χ4v) is 2.19. The van der Waals surface area contributed by atoms with E-state index in [1.165, 1.54) is 11.1 Å². The molecule has 0 radical (unpaired) electrons. The lowest BCUT2D eigenvalue weighted by Crippen LogP contribution is -1.88. The Hall–Kier alpha value is -1.43. The number of imidazole rings is 1. The summed E-state index contributed by atoms with van der Waals surface area (Å²) in [5, 5.41) is 0. The van der Waals surface area contributed by atoms with Gasteiger partial charge in [-0.25, -0.2) is 4.98 Å². The highest BCUT2D eigenvalue weighted by Crippen LogP contribution is 2.20. The minimum atomic E-state index is 0.974. The molecule has 0 saturated heterocycles. The summed E-state index contributed by atoms with van der Waals surface area (Å²) < 4.78 is 3.19. The summed E-state index contributed by atoms with van der Waals surface area (Å²) in [5.41, 5.74) is 3.31. The van der Waals surface area contributed by atoms with E-state index in [1.807, 2.05) is 24.4 Å². The van der Waals surface area contributed by atoms with E-state index < -0.39 is 0 Å². The van der Waals surface area contributed by atoms with E-state index in [0.29, 0.717) is 0 Å². The van der Waals surface area contributed by atoms with Crippen LogP contribution in [-0.4, -0.2) is 14.4 Å². The maximum Gasteiger partial charge on any atom is 0.137 e. The molecule has 0 spiro atoms. The Morgan fingerprint density at radius 1 is 1.00 bits per heavy atom. The van der Waals surface area contributed by atoms with Crippen molar-refractivity contribution in [1.29, 1.82) is 0 Å². The van der Waals surface area contributed by atoms with Gasteiger partial charge in [0.25, 0.3) is 0 Å². The Kier molecular flexibility index (Phi) is 2.36. The molecule has 0 fully saturated rings. The molecule has 16 heavy (non-hydrogen) atoms. The SMILES string of the molecule is Ic1cnc2ccc(-c3ccncc3)cn12. The Bertz CT molecular complexity index is 631. The second kappa shape index (κ2) is 3.86. The number of rotatable bonds is 1. The van der Waals surface area contributed by atoms with Crippen molar-refractivity contribution in [2.45, 2.75) is 0 Å². The highest BCUT2D eigenvalue weighted by molar-refractivity contribution is 14.1. The van der Waals surface area contributed by atoms with Crippen LogP contribution in [0.2, 0.25) is 0 Å². The van der Waals surface area contributed by atoms with Gasteiger partial charge >= 0.3 is 0 Å². The van der Waals surface area contributed by atoms with Crippen molar-refractivity contribution in [3.8, 4) is 11.1 Å². The van der Waals surface area contributed by atoms with Gasteiger partial charge in [-0.15, -0.1) is 0 Å². The van der Waals surface area contributed by atoms with Crippen LogP contribution in [0.1, 0.15) is 0 Å². The molecule has 3 nitrogen and oxygen atoms in total. The average Bonchev–Trinajstić information content (AvgIpc) is 2.72. The second-order valence-corrected chi connectivity index (χ2v) is 4.57. The van der Waals surface area contributed by atoms with Crippen LogP contribution in [0, 0.1) is 3.70 Å². The predicted molar refractivity (Wildman–Crippen MR) is 71.1 cm³/mol. The molecule has 0 aliphatic rings. The van der Waals surface area contributed by atoms with Crippen LogP contribution < -0.4 is 0 Å². The average molecular weight is 321 g/mol. The van der Waals surface area contributed by atoms with E-state index in [-0.39, 0.29) is 0 Å². The summed E-state index contributed by atoms with van der Waals surface area (Å²) in [4.78, 5) is 8.32. The molecule has 0 saturated carbocycles. The summed E-state index contributed by atoms with van der Waals surface area (Å²) >= 11 is 2.28. The quantitative estimate of drug-likeness (QED) is 0.645. The molecule has 3 heterocycles. The molecule has 0 bridgehead atoms. The number of aromatic nitrogens is 3. The van der Waals surface area contributed by atoms with E-state index in [2.05, 4.69) is 49.2 Å². The number of hydrogen-bond acceptors (Lipinski definition) is 2. The molecule has 3 aromatic rings. The molecule has 0 aliphatic heterocycles. The Morgan fingerprint density at radius 2 is 1.81 bits per heavy atom. The van der Waals surface area contributed by atoms with E-state index in [0.717, 1.165) is 9.35 Å². The molecular formula is C12H8IN3. The largest absolute Gasteiger partial charge is 0.294 e. The van der Waals surface area contributed by atoms with Crippen molar-refractivity contribution in [3.05, 3.63) is 52.8 Å². The first-order valence-corrected chi connectivity index (χ1v) is 5.95. The minimum absolute atomic E-state index is 0.974. The Morgan fingerprint density at radius 3 is 2.62 bits per heavy atom. The first-order chi connectivity index (χ1) is 7.84. The molecule has 3 aromatic heterocycles. The van der Waals surface area contributed by atoms with Crippen LogP contribution in [0.15, 0.2) is 49.1 Å². The summed E-state index contributed by atoms with van der Waals surface area (Å²) in [6.07, 6.45) is 7.57. The van der Waals surface area contributed by atoms with Gasteiger partial charge in [0, 0.05) is 18.6 Å². The lowest BCUT2D eigenvalue weighted by molar-refractivity contribution is 1.15. The highest BCUT2D eigenvalue weighted by Gasteiger charge is 2.02. The maximum atomic E-state index is 4.30. The highest BCUT2D eigenvalue weighted by atomic mass is 127. The van der Waals surface area contributed by atoms with Gasteiger partial charge in [-0.1, -0.05) is 0 Å². The molecule has 3 rings (SSSR count). The predicted octanol–water partition coefficient (Wildman–Crippen LogP) is 3.00. The first kappa shape index (κ1) is 9.77. The zero-order chi connectivity index (χ0) is 11.0. The minimum Gasteiger partial charge on any atom is -0.294 e. The third-order valence-electron chi connectivity index (χ3n) is 2.47. The van der Waals surface area contributed by atoms with Gasteiger partial charge in [0.1, 0.15) is 9.35 Å². The molecule has 0 N–H and O–H groups in total. The second-order valence-electron chi connectivity index (χ2n) is 3.46. The number of fused-ring (bicyclic) bond motifs is 1. The lowest BCUT2D eigenvalue weighted by Gasteiger charge is -2.02. The smallest absolute Gasteiger partial charge is 0.137 e. The van der Waals surface area contributed by atoms with Gasteiger partial charge in [0.2, 0.25) is 0 Å². The van der Waals surface area contributed by atoms with Gasteiger partial charge in [0.15, 0.2) is 0 Å². The van der Waals surface area contributed by atoms with Gasteiger partial charge in [-0.2, -0.15) is 0 Å². The molecule has 4 heteroatoms. The summed E-state index contributed by atoms with van der Waals surface area (Å²) in [6.45, 7) is 0. The van der Waals surface area contributed by atoms with Gasteiger partial charge in [0.05, 0.1) is 6.20 Å². The molecular weight excluding hydrogens is 313 g/mol. The maximum absolute atomic E-state index is 4.30. The number of nitrogens with zero attached hydrogens (tertiary/aromatic N) is 3. The number of hydrogen-bond donors (Lipinski definition) is 0. The molecule has 0 aromatic carbocycles. The fraction of sp³-hybridized carbons (Fsp3) is 0. The van der Waals surface area contributed by atoms with E-state index in [9.17, 15) is 0 Å². The summed E-state index contributed by atoms with van der Waals surface area (Å²) in [7, 11) is 0. The Labute approximate surface area is 106 Å². The fourth-order valence-electron chi connectivity index (χ4n) is 1.67. The van der Waals surface area contributed by atoms with Crippen LogP contribution in [0.25, 0.3) is 16.8 Å². The van der Waals surface area contributed by atoms with Crippen LogP contribution in [0.5, 0.6) is 0 Å².